The fraction of sp³-hybridized carbons (Fsp3) is 0.217. The summed E-state index contributed by atoms with van der Waals surface area (Å²) in [7, 11) is 4.64. The lowest BCUT2D eigenvalue weighted by atomic mass is 9.95. The van der Waals surface area contributed by atoms with Gasteiger partial charge in [0.25, 0.3) is 0 Å². The standard InChI is InChI=1S/C23H23N3O3/c1-13-6-7-15(14(2)10-13)19-11-17(18(12-24)23(25)26-19)16-8-9-20(27-3)22(29-5)21(16)28-4/h6-11H,1-5H3,(H2,25,26). The predicted molar refractivity (Wildman–Crippen MR) is 113 cm³/mol. The van der Waals surface area contributed by atoms with Gasteiger partial charge in [0.2, 0.25) is 5.75 Å². The zero-order valence-corrected chi connectivity index (χ0v) is 17.2. The molecule has 1 aromatic heterocycles. The van der Waals surface area contributed by atoms with Gasteiger partial charge in [-0.15, -0.1) is 0 Å². The monoisotopic (exact) mass is 389 g/mol. The van der Waals surface area contributed by atoms with Gasteiger partial charge in [0, 0.05) is 16.7 Å². The van der Waals surface area contributed by atoms with Crippen LogP contribution < -0.4 is 19.9 Å². The van der Waals surface area contributed by atoms with Crippen molar-refractivity contribution >= 4 is 5.82 Å². The first-order chi connectivity index (χ1) is 13.9. The summed E-state index contributed by atoms with van der Waals surface area (Å²) in [5.74, 6) is 1.60. The highest BCUT2D eigenvalue weighted by Gasteiger charge is 2.22. The van der Waals surface area contributed by atoms with Gasteiger partial charge in [-0.25, -0.2) is 4.98 Å². The lowest BCUT2D eigenvalue weighted by Crippen LogP contribution is -2.02. The first-order valence-electron chi connectivity index (χ1n) is 9.02. The fourth-order valence-electron chi connectivity index (χ4n) is 3.45. The number of hydrogen-bond acceptors (Lipinski definition) is 6. The number of methoxy groups -OCH3 is 3. The van der Waals surface area contributed by atoms with E-state index in [2.05, 4.69) is 17.1 Å². The Hall–Kier alpha value is -3.72. The Kier molecular flexibility index (Phi) is 5.60. The molecular formula is C23H23N3O3. The number of hydrogen-bond donors (Lipinski definition) is 1. The van der Waals surface area contributed by atoms with E-state index in [1.807, 2.05) is 38.1 Å². The maximum atomic E-state index is 9.74. The van der Waals surface area contributed by atoms with E-state index in [1.54, 1.807) is 20.3 Å². The minimum absolute atomic E-state index is 0.164. The number of nitrogen functional groups attached to an aromatic ring is 1. The van der Waals surface area contributed by atoms with Crippen LogP contribution in [-0.4, -0.2) is 26.3 Å². The van der Waals surface area contributed by atoms with E-state index in [0.29, 0.717) is 34.1 Å². The number of pyridine rings is 1. The molecule has 0 atom stereocenters. The van der Waals surface area contributed by atoms with Crippen molar-refractivity contribution < 1.29 is 14.2 Å². The zero-order valence-electron chi connectivity index (χ0n) is 17.2. The third-order valence-electron chi connectivity index (χ3n) is 4.81. The summed E-state index contributed by atoms with van der Waals surface area (Å²) in [6, 6.07) is 13.7. The molecule has 1 heterocycles. The Morgan fingerprint density at radius 2 is 1.55 bits per heavy atom. The molecule has 148 valence electrons. The van der Waals surface area contributed by atoms with Crippen LogP contribution in [0.2, 0.25) is 0 Å². The summed E-state index contributed by atoms with van der Waals surface area (Å²) in [4.78, 5) is 4.48. The molecular weight excluding hydrogens is 366 g/mol. The van der Waals surface area contributed by atoms with E-state index < -0.39 is 0 Å². The van der Waals surface area contributed by atoms with Gasteiger partial charge in [0.15, 0.2) is 11.5 Å². The van der Waals surface area contributed by atoms with E-state index in [-0.39, 0.29) is 11.4 Å². The van der Waals surface area contributed by atoms with Gasteiger partial charge >= 0.3 is 0 Å². The molecule has 3 rings (SSSR count). The maximum Gasteiger partial charge on any atom is 0.203 e. The molecule has 2 N–H and O–H groups in total. The molecule has 6 heteroatoms. The molecule has 0 bridgehead atoms. The number of nitrogens with zero attached hydrogens (tertiary/aromatic N) is 2. The Morgan fingerprint density at radius 1 is 0.862 bits per heavy atom. The number of ether oxygens (including phenoxy) is 3. The normalized spacial score (nSPS) is 10.3. The van der Waals surface area contributed by atoms with Crippen LogP contribution in [0.1, 0.15) is 16.7 Å². The first-order valence-corrected chi connectivity index (χ1v) is 9.02. The molecule has 0 aliphatic heterocycles. The first kappa shape index (κ1) is 20.0. The van der Waals surface area contributed by atoms with Gasteiger partial charge in [-0.3, -0.25) is 0 Å². The SMILES string of the molecule is COc1ccc(-c2cc(-c3ccc(C)cc3C)nc(N)c2C#N)c(OC)c1OC. The third-order valence-corrected chi connectivity index (χ3v) is 4.81. The number of aryl methyl sites for hydroxylation is 2. The molecule has 0 aliphatic carbocycles. The number of aromatic nitrogens is 1. The molecule has 0 saturated carbocycles. The molecule has 2 aromatic carbocycles. The topological polar surface area (TPSA) is 90.4 Å². The van der Waals surface area contributed by atoms with Crippen LogP contribution in [0, 0.1) is 25.2 Å². The summed E-state index contributed by atoms with van der Waals surface area (Å²) in [5.41, 5.74) is 11.6. The molecule has 0 aliphatic rings. The van der Waals surface area contributed by atoms with Crippen molar-refractivity contribution in [2.24, 2.45) is 0 Å². The van der Waals surface area contributed by atoms with Crippen LogP contribution in [0.3, 0.4) is 0 Å². The second-order valence-corrected chi connectivity index (χ2v) is 6.63. The van der Waals surface area contributed by atoms with E-state index in [4.69, 9.17) is 19.9 Å². The summed E-state index contributed by atoms with van der Waals surface area (Å²) < 4.78 is 16.5. The van der Waals surface area contributed by atoms with Crippen molar-refractivity contribution in [2.45, 2.75) is 13.8 Å². The van der Waals surface area contributed by atoms with Gasteiger partial charge in [-0.05, 0) is 37.6 Å². The summed E-state index contributed by atoms with van der Waals surface area (Å²) in [6.45, 7) is 4.06. The largest absolute Gasteiger partial charge is 0.493 e. The van der Waals surface area contributed by atoms with Crippen LogP contribution >= 0.6 is 0 Å². The molecule has 29 heavy (non-hydrogen) atoms. The van der Waals surface area contributed by atoms with Crippen LogP contribution in [0.15, 0.2) is 36.4 Å². The van der Waals surface area contributed by atoms with E-state index >= 15 is 0 Å². The second kappa shape index (κ2) is 8.11. The summed E-state index contributed by atoms with van der Waals surface area (Å²) in [6.07, 6.45) is 0. The summed E-state index contributed by atoms with van der Waals surface area (Å²) in [5, 5.41) is 9.74. The molecule has 0 spiro atoms. The van der Waals surface area contributed by atoms with Crippen molar-refractivity contribution in [3.8, 4) is 45.7 Å². The maximum absolute atomic E-state index is 9.74. The van der Waals surface area contributed by atoms with Crippen molar-refractivity contribution in [1.82, 2.24) is 4.98 Å². The highest BCUT2D eigenvalue weighted by molar-refractivity contribution is 5.85. The van der Waals surface area contributed by atoms with Gasteiger partial charge < -0.3 is 19.9 Å². The highest BCUT2D eigenvalue weighted by Crippen LogP contribution is 2.46. The predicted octanol–water partition coefficient (Wildman–Crippen LogP) is 4.51. The molecule has 0 fully saturated rings. The smallest absolute Gasteiger partial charge is 0.203 e. The van der Waals surface area contributed by atoms with Gasteiger partial charge in [0.05, 0.1) is 27.0 Å². The highest BCUT2D eigenvalue weighted by atomic mass is 16.5. The molecule has 0 amide bonds. The number of anilines is 1. The van der Waals surface area contributed by atoms with Crippen molar-refractivity contribution in [1.29, 1.82) is 5.26 Å². The van der Waals surface area contributed by atoms with E-state index in [9.17, 15) is 5.26 Å². The van der Waals surface area contributed by atoms with Crippen LogP contribution in [0.5, 0.6) is 17.2 Å². The zero-order chi connectivity index (χ0) is 21.1. The number of benzene rings is 2. The molecule has 0 radical (unpaired) electrons. The van der Waals surface area contributed by atoms with E-state index in [0.717, 1.165) is 16.7 Å². The molecule has 3 aromatic rings. The van der Waals surface area contributed by atoms with Crippen molar-refractivity contribution in [3.05, 3.63) is 53.1 Å². The minimum Gasteiger partial charge on any atom is -0.493 e. The number of nitrogens with two attached hydrogens (primary N) is 1. The quantitative estimate of drug-likeness (QED) is 0.690. The Bertz CT molecular complexity index is 1120. The van der Waals surface area contributed by atoms with Gasteiger partial charge in [0.1, 0.15) is 17.5 Å². The Morgan fingerprint density at radius 3 is 2.14 bits per heavy atom. The van der Waals surface area contributed by atoms with Gasteiger partial charge in [-0.1, -0.05) is 23.8 Å². The van der Waals surface area contributed by atoms with Crippen molar-refractivity contribution in [2.75, 3.05) is 27.1 Å². The lowest BCUT2D eigenvalue weighted by molar-refractivity contribution is 0.325. The van der Waals surface area contributed by atoms with Gasteiger partial charge in [-0.2, -0.15) is 5.26 Å². The average Bonchev–Trinajstić information content (AvgIpc) is 2.71. The fourth-order valence-corrected chi connectivity index (χ4v) is 3.45. The average molecular weight is 389 g/mol. The lowest BCUT2D eigenvalue weighted by Gasteiger charge is -2.18. The second-order valence-electron chi connectivity index (χ2n) is 6.63. The minimum atomic E-state index is 0.164. The summed E-state index contributed by atoms with van der Waals surface area (Å²) >= 11 is 0. The number of rotatable bonds is 5. The Balaban J connectivity index is 2.33. The van der Waals surface area contributed by atoms with Crippen LogP contribution in [0.4, 0.5) is 5.82 Å². The molecule has 0 saturated heterocycles. The Labute approximate surface area is 170 Å². The van der Waals surface area contributed by atoms with E-state index in [1.165, 1.54) is 7.11 Å². The third kappa shape index (κ3) is 3.55. The molecule has 6 nitrogen and oxygen atoms in total. The number of nitriles is 1. The molecule has 0 unspecified atom stereocenters. The van der Waals surface area contributed by atoms with Crippen molar-refractivity contribution in [3.63, 3.8) is 0 Å². The van der Waals surface area contributed by atoms with Crippen LogP contribution in [-0.2, 0) is 0 Å². The van der Waals surface area contributed by atoms with Crippen LogP contribution in [0.25, 0.3) is 22.4 Å².